The van der Waals surface area contributed by atoms with Gasteiger partial charge in [-0.3, -0.25) is 9.59 Å². The zero-order valence-corrected chi connectivity index (χ0v) is 8.82. The number of halogens is 1. The van der Waals surface area contributed by atoms with Gasteiger partial charge in [-0.15, -0.1) is 0 Å². The first-order chi connectivity index (χ1) is 6.61. The summed E-state index contributed by atoms with van der Waals surface area (Å²) >= 11 is 2.93. The van der Waals surface area contributed by atoms with Crippen LogP contribution in [0.3, 0.4) is 0 Å². The van der Waals surface area contributed by atoms with Crippen LogP contribution in [0.5, 0.6) is 0 Å². The highest BCUT2D eigenvalue weighted by atomic mass is 79.9. The maximum Gasteiger partial charge on any atom is 0.252 e. The van der Waals surface area contributed by atoms with Gasteiger partial charge in [0, 0.05) is 5.56 Å². The fourth-order valence-electron chi connectivity index (χ4n) is 0.859. The lowest BCUT2D eigenvalue weighted by Gasteiger charge is -2.07. The number of primary amides is 1. The average Bonchev–Trinajstić information content (AvgIpc) is 2.19. The van der Waals surface area contributed by atoms with Gasteiger partial charge in [-0.1, -0.05) is 34.1 Å². The van der Waals surface area contributed by atoms with Crippen molar-refractivity contribution < 1.29 is 9.59 Å². The van der Waals surface area contributed by atoms with Crippen LogP contribution >= 0.6 is 15.9 Å². The summed E-state index contributed by atoms with van der Waals surface area (Å²) in [6.45, 7) is 0. The minimum absolute atomic E-state index is 0.341. The Morgan fingerprint density at radius 1 is 1.29 bits per heavy atom. The monoisotopic (exact) mass is 256 g/mol. The number of alkyl halides is 1. The van der Waals surface area contributed by atoms with E-state index in [1.165, 1.54) is 0 Å². The number of nitrogens with one attached hydrogen (secondary N) is 1. The molecule has 0 aromatic heterocycles. The molecule has 0 aliphatic carbocycles. The van der Waals surface area contributed by atoms with E-state index in [-0.39, 0.29) is 5.91 Å². The normalized spacial score (nSPS) is 11.8. The van der Waals surface area contributed by atoms with Crippen LogP contribution in [0.15, 0.2) is 30.3 Å². The van der Waals surface area contributed by atoms with Gasteiger partial charge in [0.1, 0.15) is 0 Å². The molecule has 0 radical (unpaired) electrons. The molecule has 4 nitrogen and oxygen atoms in total. The summed E-state index contributed by atoms with van der Waals surface area (Å²) in [5.41, 5.74) is 5.45. The highest BCUT2D eigenvalue weighted by Gasteiger charge is 2.14. The van der Waals surface area contributed by atoms with Crippen LogP contribution < -0.4 is 11.1 Å². The summed E-state index contributed by atoms with van der Waals surface area (Å²) in [6, 6.07) is 8.58. The summed E-state index contributed by atoms with van der Waals surface area (Å²) in [7, 11) is 0. The highest BCUT2D eigenvalue weighted by molar-refractivity contribution is 9.10. The number of carbonyl (C=O) groups excluding carboxylic acids is 2. The van der Waals surface area contributed by atoms with E-state index in [1.54, 1.807) is 30.3 Å². The molecule has 0 aliphatic rings. The summed E-state index contributed by atoms with van der Waals surface area (Å²) in [5.74, 6) is -0.972. The molecular formula is C9H9BrN2O2. The molecule has 0 spiro atoms. The van der Waals surface area contributed by atoms with E-state index in [2.05, 4.69) is 21.2 Å². The Morgan fingerprint density at radius 3 is 2.36 bits per heavy atom. The molecule has 5 heteroatoms. The molecule has 14 heavy (non-hydrogen) atoms. The Labute approximate surface area is 89.6 Å². The Bertz CT molecular complexity index is 340. The maximum absolute atomic E-state index is 11.4. The number of benzene rings is 1. The minimum Gasteiger partial charge on any atom is -0.367 e. The second-order valence-electron chi connectivity index (χ2n) is 2.60. The quantitative estimate of drug-likeness (QED) is 0.615. The lowest BCUT2D eigenvalue weighted by molar-refractivity contribution is -0.117. The van der Waals surface area contributed by atoms with Crippen LogP contribution in [-0.4, -0.2) is 16.8 Å². The van der Waals surface area contributed by atoms with Gasteiger partial charge in [-0.2, -0.15) is 0 Å². The zero-order chi connectivity index (χ0) is 10.6. The van der Waals surface area contributed by atoms with Crippen molar-refractivity contribution in [2.24, 2.45) is 5.73 Å². The number of nitrogens with two attached hydrogens (primary N) is 1. The van der Waals surface area contributed by atoms with Crippen molar-refractivity contribution in [3.63, 3.8) is 0 Å². The van der Waals surface area contributed by atoms with Gasteiger partial charge in [0.25, 0.3) is 11.8 Å². The van der Waals surface area contributed by atoms with Gasteiger partial charge < -0.3 is 11.1 Å². The van der Waals surface area contributed by atoms with Crippen molar-refractivity contribution in [2.45, 2.75) is 4.95 Å². The third-order valence-corrected chi connectivity index (χ3v) is 2.22. The fraction of sp³-hybridized carbons (Fsp3) is 0.111. The summed E-state index contributed by atoms with van der Waals surface area (Å²) < 4.78 is 0. The van der Waals surface area contributed by atoms with E-state index < -0.39 is 10.9 Å². The molecule has 1 aromatic carbocycles. The Morgan fingerprint density at radius 2 is 1.86 bits per heavy atom. The van der Waals surface area contributed by atoms with Crippen molar-refractivity contribution in [1.29, 1.82) is 0 Å². The molecule has 0 fully saturated rings. The van der Waals surface area contributed by atoms with Gasteiger partial charge in [-0.25, -0.2) is 0 Å². The first-order valence-corrected chi connectivity index (χ1v) is 4.82. The van der Waals surface area contributed by atoms with E-state index in [9.17, 15) is 9.59 Å². The zero-order valence-electron chi connectivity index (χ0n) is 7.24. The van der Waals surface area contributed by atoms with Gasteiger partial charge in [0.2, 0.25) is 0 Å². The van der Waals surface area contributed by atoms with Crippen LogP contribution in [0.1, 0.15) is 10.4 Å². The molecule has 3 N–H and O–H groups in total. The molecule has 1 unspecified atom stereocenters. The van der Waals surface area contributed by atoms with Crippen molar-refractivity contribution in [3.05, 3.63) is 35.9 Å². The van der Waals surface area contributed by atoms with Crippen molar-refractivity contribution >= 4 is 27.7 Å². The maximum atomic E-state index is 11.4. The summed E-state index contributed by atoms with van der Waals surface area (Å²) in [4.78, 5) is 21.2. The van der Waals surface area contributed by atoms with Crippen LogP contribution in [0.2, 0.25) is 0 Å². The smallest absolute Gasteiger partial charge is 0.252 e. The van der Waals surface area contributed by atoms with E-state index >= 15 is 0 Å². The summed E-state index contributed by atoms with van der Waals surface area (Å²) in [5, 5.41) is 2.40. The largest absolute Gasteiger partial charge is 0.367 e. The Kier molecular flexibility index (Phi) is 3.64. The van der Waals surface area contributed by atoms with Gasteiger partial charge in [-0.05, 0) is 12.1 Å². The molecule has 0 aliphatic heterocycles. The van der Waals surface area contributed by atoms with E-state index in [1.807, 2.05) is 0 Å². The van der Waals surface area contributed by atoms with Gasteiger partial charge >= 0.3 is 0 Å². The second kappa shape index (κ2) is 4.76. The number of hydrogen-bond acceptors (Lipinski definition) is 2. The molecule has 1 atom stereocenters. The molecule has 74 valence electrons. The molecule has 0 bridgehead atoms. The van der Waals surface area contributed by atoms with Crippen LogP contribution in [-0.2, 0) is 4.79 Å². The first-order valence-electron chi connectivity index (χ1n) is 3.90. The number of amides is 2. The molecule has 2 amide bonds. The molecule has 0 saturated heterocycles. The van der Waals surface area contributed by atoms with Crippen LogP contribution in [0.25, 0.3) is 0 Å². The molecule has 0 heterocycles. The molecule has 1 rings (SSSR count). The van der Waals surface area contributed by atoms with Crippen LogP contribution in [0.4, 0.5) is 0 Å². The second-order valence-corrected chi connectivity index (χ2v) is 3.52. The van der Waals surface area contributed by atoms with Crippen molar-refractivity contribution in [3.8, 4) is 0 Å². The average molecular weight is 257 g/mol. The molecule has 0 saturated carbocycles. The topological polar surface area (TPSA) is 72.2 Å². The highest BCUT2D eigenvalue weighted by Crippen LogP contribution is 2.00. The lowest BCUT2D eigenvalue weighted by atomic mass is 10.2. The third kappa shape index (κ3) is 2.85. The van der Waals surface area contributed by atoms with Gasteiger partial charge in [0.15, 0.2) is 4.95 Å². The predicted octanol–water partition coefficient (Wildman–Crippen LogP) is 0.623. The van der Waals surface area contributed by atoms with E-state index in [0.717, 1.165) is 0 Å². The summed E-state index contributed by atoms with van der Waals surface area (Å²) in [6.07, 6.45) is 0. The van der Waals surface area contributed by atoms with E-state index in [0.29, 0.717) is 5.56 Å². The van der Waals surface area contributed by atoms with Crippen LogP contribution in [0, 0.1) is 0 Å². The number of rotatable bonds is 3. The number of hydrogen-bond donors (Lipinski definition) is 2. The SMILES string of the molecule is NC(=O)C(Br)NC(=O)c1ccccc1. The minimum atomic E-state index is -0.838. The predicted molar refractivity (Wildman–Crippen MR) is 55.8 cm³/mol. The van der Waals surface area contributed by atoms with E-state index in [4.69, 9.17) is 5.73 Å². The first kappa shape index (κ1) is 10.7. The number of carbonyl (C=O) groups is 2. The Balaban J connectivity index is 2.64. The fourth-order valence-corrected chi connectivity index (χ4v) is 1.07. The lowest BCUT2D eigenvalue weighted by Crippen LogP contribution is -2.40. The Hall–Kier alpha value is -1.36. The standard InChI is InChI=1S/C9H9BrN2O2/c10-7(8(11)13)12-9(14)6-4-2-1-3-5-6/h1-5,7H,(H2,11,13)(H,12,14). The molecular weight excluding hydrogens is 248 g/mol. The van der Waals surface area contributed by atoms with Gasteiger partial charge in [0.05, 0.1) is 0 Å². The third-order valence-electron chi connectivity index (χ3n) is 1.54. The molecule has 1 aromatic rings. The van der Waals surface area contributed by atoms with Crippen molar-refractivity contribution in [1.82, 2.24) is 5.32 Å². The van der Waals surface area contributed by atoms with Crippen molar-refractivity contribution in [2.75, 3.05) is 0 Å².